The van der Waals surface area contributed by atoms with Gasteiger partial charge in [0.1, 0.15) is 0 Å². The normalized spacial score (nSPS) is 13.9. The molecule has 1 aromatic heterocycles. The Morgan fingerprint density at radius 2 is 2.11 bits per heavy atom. The van der Waals surface area contributed by atoms with Crippen molar-refractivity contribution in [3.05, 3.63) is 48.3 Å². The number of ether oxygens (including phenoxy) is 1. The van der Waals surface area contributed by atoms with E-state index in [1.165, 1.54) is 12.8 Å². The summed E-state index contributed by atoms with van der Waals surface area (Å²) in [4.78, 5) is 6.86. The molecule has 6 nitrogen and oxygen atoms in total. The first kappa shape index (κ1) is 21.7. The largest absolute Gasteiger partial charge is 0.379 e. The van der Waals surface area contributed by atoms with Crippen molar-refractivity contribution < 1.29 is 4.74 Å². The quantitative estimate of drug-likeness (QED) is 0.258. The van der Waals surface area contributed by atoms with Gasteiger partial charge in [0.25, 0.3) is 0 Å². The van der Waals surface area contributed by atoms with E-state index in [9.17, 15) is 0 Å². The molecule has 0 aliphatic heterocycles. The molecule has 1 fully saturated rings. The highest BCUT2D eigenvalue weighted by Gasteiger charge is 2.21. The van der Waals surface area contributed by atoms with E-state index in [4.69, 9.17) is 9.73 Å². The lowest BCUT2D eigenvalue weighted by Gasteiger charge is -2.21. The van der Waals surface area contributed by atoms with Gasteiger partial charge in [-0.25, -0.2) is 9.67 Å². The van der Waals surface area contributed by atoms with Crippen molar-refractivity contribution in [2.24, 2.45) is 10.9 Å². The molecule has 1 aromatic carbocycles. The van der Waals surface area contributed by atoms with E-state index >= 15 is 0 Å². The van der Waals surface area contributed by atoms with Gasteiger partial charge < -0.3 is 15.0 Å². The van der Waals surface area contributed by atoms with Crippen LogP contribution in [-0.4, -0.2) is 54.0 Å². The maximum Gasteiger partial charge on any atom is 0.194 e. The number of benzene rings is 1. The molecular weight excluding hydrogens is 453 g/mol. The molecule has 2 aromatic rings. The number of halogens is 1. The van der Waals surface area contributed by atoms with Crippen molar-refractivity contribution in [3.63, 3.8) is 0 Å². The molecule has 27 heavy (non-hydrogen) atoms. The molecule has 1 heterocycles. The van der Waals surface area contributed by atoms with Crippen molar-refractivity contribution in [3.8, 4) is 5.69 Å². The molecule has 148 valence electrons. The molecular formula is C20H30IN5O. The Morgan fingerprint density at radius 3 is 2.81 bits per heavy atom. The van der Waals surface area contributed by atoms with E-state index in [2.05, 4.69) is 29.3 Å². The molecule has 0 spiro atoms. The number of guanidine groups is 1. The van der Waals surface area contributed by atoms with Crippen LogP contribution in [0.4, 0.5) is 0 Å². The number of hydrogen-bond acceptors (Lipinski definition) is 3. The van der Waals surface area contributed by atoms with Crippen LogP contribution in [0.3, 0.4) is 0 Å². The zero-order valence-electron chi connectivity index (χ0n) is 16.2. The predicted octanol–water partition coefficient (Wildman–Crippen LogP) is 3.31. The number of hydrogen-bond donors (Lipinski definition) is 1. The highest BCUT2D eigenvalue weighted by atomic mass is 127. The van der Waals surface area contributed by atoms with Gasteiger partial charge in [0.15, 0.2) is 5.96 Å². The average molecular weight is 483 g/mol. The summed E-state index contributed by atoms with van der Waals surface area (Å²) >= 11 is 0. The molecule has 1 aliphatic rings. The second-order valence-corrected chi connectivity index (χ2v) is 6.74. The number of aliphatic imine (C=N–C) groups is 1. The lowest BCUT2D eigenvalue weighted by molar-refractivity contribution is 0.115. The summed E-state index contributed by atoms with van der Waals surface area (Å²) in [5.74, 6) is 1.71. The molecule has 0 radical (unpaired) electrons. The number of nitrogens with one attached hydrogen (secondary N) is 1. The van der Waals surface area contributed by atoms with E-state index in [1.54, 1.807) is 0 Å². The van der Waals surface area contributed by atoms with Gasteiger partial charge in [-0.1, -0.05) is 18.2 Å². The first-order chi connectivity index (χ1) is 12.8. The summed E-state index contributed by atoms with van der Waals surface area (Å²) in [5, 5.41) is 7.78. The van der Waals surface area contributed by atoms with Crippen molar-refractivity contribution in [2.75, 3.05) is 33.4 Å². The van der Waals surface area contributed by atoms with Crippen molar-refractivity contribution in [1.29, 1.82) is 0 Å². The van der Waals surface area contributed by atoms with Crippen LogP contribution < -0.4 is 5.32 Å². The second kappa shape index (κ2) is 11.3. The van der Waals surface area contributed by atoms with Crippen LogP contribution in [0.2, 0.25) is 0 Å². The van der Waals surface area contributed by atoms with Gasteiger partial charge in [-0.15, -0.1) is 24.0 Å². The maximum atomic E-state index is 5.73. The van der Waals surface area contributed by atoms with Crippen molar-refractivity contribution in [1.82, 2.24) is 20.0 Å². The Balaban J connectivity index is 0.00000261. The zero-order chi connectivity index (χ0) is 18.2. The third kappa shape index (κ3) is 7.14. The third-order valence-corrected chi connectivity index (χ3v) is 4.39. The SMILES string of the molecule is CCNC(=NCc1cnn(-c2ccccc2)c1)N(C)CCOCC1CC1.I. The molecule has 7 heteroatoms. The molecule has 0 bridgehead atoms. The van der Waals surface area contributed by atoms with Gasteiger partial charge in [-0.05, 0) is 37.8 Å². The van der Waals surface area contributed by atoms with Gasteiger partial charge in [0, 0.05) is 38.5 Å². The fourth-order valence-electron chi connectivity index (χ4n) is 2.64. The van der Waals surface area contributed by atoms with Crippen LogP contribution in [0, 0.1) is 5.92 Å². The lowest BCUT2D eigenvalue weighted by atomic mass is 10.3. The van der Waals surface area contributed by atoms with Crippen LogP contribution in [-0.2, 0) is 11.3 Å². The monoisotopic (exact) mass is 483 g/mol. The lowest BCUT2D eigenvalue weighted by Crippen LogP contribution is -2.40. The number of nitrogens with zero attached hydrogens (tertiary/aromatic N) is 4. The number of likely N-dealkylation sites (N-methyl/N-ethyl adjacent to an activating group) is 1. The maximum absolute atomic E-state index is 5.73. The van der Waals surface area contributed by atoms with Gasteiger partial charge in [0.2, 0.25) is 0 Å². The Hall–Kier alpha value is -1.61. The smallest absolute Gasteiger partial charge is 0.194 e. The Kier molecular flexibility index (Phi) is 9.06. The van der Waals surface area contributed by atoms with Crippen LogP contribution >= 0.6 is 24.0 Å². The molecule has 0 atom stereocenters. The standard InChI is InChI=1S/C20H29N5O.HI/c1-3-21-20(24(2)11-12-26-16-17-9-10-17)22-13-18-14-23-25(15-18)19-7-5-4-6-8-19;/h4-8,14-15,17H,3,9-13,16H2,1-2H3,(H,21,22);1H. The van der Waals surface area contributed by atoms with E-state index in [0.717, 1.165) is 49.4 Å². The number of aromatic nitrogens is 2. The minimum atomic E-state index is 0. The summed E-state index contributed by atoms with van der Waals surface area (Å²) in [6.07, 6.45) is 6.56. The molecule has 1 N–H and O–H groups in total. The van der Waals surface area contributed by atoms with Crippen molar-refractivity contribution in [2.45, 2.75) is 26.3 Å². The first-order valence-electron chi connectivity index (χ1n) is 9.42. The Morgan fingerprint density at radius 1 is 1.33 bits per heavy atom. The van der Waals surface area contributed by atoms with Gasteiger partial charge in [-0.2, -0.15) is 5.10 Å². The summed E-state index contributed by atoms with van der Waals surface area (Å²) in [6, 6.07) is 10.1. The predicted molar refractivity (Wildman–Crippen MR) is 120 cm³/mol. The van der Waals surface area contributed by atoms with Crippen LogP contribution in [0.15, 0.2) is 47.7 Å². The Bertz CT molecular complexity index is 699. The van der Waals surface area contributed by atoms with Crippen molar-refractivity contribution >= 4 is 29.9 Å². The molecule has 3 rings (SSSR count). The first-order valence-corrected chi connectivity index (χ1v) is 9.42. The molecule has 1 saturated carbocycles. The molecule has 0 amide bonds. The van der Waals surface area contributed by atoms with Gasteiger partial charge in [0.05, 0.1) is 25.0 Å². The third-order valence-electron chi connectivity index (χ3n) is 4.39. The molecule has 0 unspecified atom stereocenters. The van der Waals surface area contributed by atoms with E-state index < -0.39 is 0 Å². The minimum absolute atomic E-state index is 0. The van der Waals surface area contributed by atoms with Gasteiger partial charge in [-0.3, -0.25) is 0 Å². The topological polar surface area (TPSA) is 54.7 Å². The van der Waals surface area contributed by atoms with Gasteiger partial charge >= 0.3 is 0 Å². The Labute approximate surface area is 179 Å². The summed E-state index contributed by atoms with van der Waals surface area (Å²) < 4.78 is 7.62. The fraction of sp³-hybridized carbons (Fsp3) is 0.500. The highest BCUT2D eigenvalue weighted by Crippen LogP contribution is 2.28. The summed E-state index contributed by atoms with van der Waals surface area (Å²) in [5.41, 5.74) is 2.14. The van der Waals surface area contributed by atoms with E-state index in [0.29, 0.717) is 6.54 Å². The highest BCUT2D eigenvalue weighted by molar-refractivity contribution is 14.0. The number of rotatable bonds is 9. The minimum Gasteiger partial charge on any atom is -0.379 e. The molecule has 0 saturated heterocycles. The summed E-state index contributed by atoms with van der Waals surface area (Å²) in [6.45, 7) is 6.00. The van der Waals surface area contributed by atoms with E-state index in [1.807, 2.05) is 47.4 Å². The van der Waals surface area contributed by atoms with E-state index in [-0.39, 0.29) is 24.0 Å². The second-order valence-electron chi connectivity index (χ2n) is 6.74. The van der Waals surface area contributed by atoms with Crippen LogP contribution in [0.1, 0.15) is 25.3 Å². The summed E-state index contributed by atoms with van der Waals surface area (Å²) in [7, 11) is 2.05. The zero-order valence-corrected chi connectivity index (χ0v) is 18.5. The van der Waals surface area contributed by atoms with Crippen LogP contribution in [0.25, 0.3) is 5.69 Å². The average Bonchev–Trinajstić information content (AvgIpc) is 3.38. The number of para-hydroxylation sites is 1. The molecule has 1 aliphatic carbocycles. The van der Waals surface area contributed by atoms with Crippen LogP contribution in [0.5, 0.6) is 0 Å². The fourth-order valence-corrected chi connectivity index (χ4v) is 2.64.